The van der Waals surface area contributed by atoms with Gasteiger partial charge < -0.3 is 19.4 Å². The van der Waals surface area contributed by atoms with Gasteiger partial charge in [0.2, 0.25) is 6.79 Å². The second-order valence-electron chi connectivity index (χ2n) is 10.4. The van der Waals surface area contributed by atoms with Crippen LogP contribution in [0.1, 0.15) is 38.2 Å². The van der Waals surface area contributed by atoms with Gasteiger partial charge in [-0.1, -0.05) is 0 Å². The third kappa shape index (κ3) is 4.29. The lowest BCUT2D eigenvalue weighted by molar-refractivity contribution is 0.174. The number of nitrogens with zero attached hydrogens (tertiary/aromatic N) is 6. The zero-order valence-corrected chi connectivity index (χ0v) is 20.9. The molecule has 1 unspecified atom stereocenters. The summed E-state index contributed by atoms with van der Waals surface area (Å²) in [4.78, 5) is 21.0. The van der Waals surface area contributed by atoms with Crippen LogP contribution in [-0.4, -0.2) is 63.1 Å². The molecule has 192 valence electrons. The molecule has 11 heteroatoms. The van der Waals surface area contributed by atoms with Gasteiger partial charge in [0.05, 0.1) is 11.1 Å². The third-order valence-electron chi connectivity index (χ3n) is 6.91. The number of nitrogens with one attached hydrogen (secondary N) is 1. The SMILES string of the molecule is CC(C)(C)n1nnnc1C(c1cc2cc3c(cc2[nH]c1=O)OCO3)N1CCN(c2ccc(F)cc2)CC1. The molecule has 2 aromatic carbocycles. The van der Waals surface area contributed by atoms with Crippen molar-refractivity contribution in [3.05, 3.63) is 70.0 Å². The topological polar surface area (TPSA) is 101 Å². The molecular formula is C26H28FN7O3. The number of hydrogen-bond donors (Lipinski definition) is 1. The number of aromatic amines is 1. The van der Waals surface area contributed by atoms with Crippen molar-refractivity contribution in [3.63, 3.8) is 0 Å². The molecule has 0 radical (unpaired) electrons. The molecule has 1 atom stereocenters. The number of ether oxygens (including phenoxy) is 2. The Balaban J connectivity index is 1.40. The predicted octanol–water partition coefficient (Wildman–Crippen LogP) is 3.05. The van der Waals surface area contributed by atoms with Crippen LogP contribution >= 0.6 is 0 Å². The fraction of sp³-hybridized carbons (Fsp3) is 0.385. The fourth-order valence-corrected chi connectivity index (χ4v) is 5.05. The molecule has 1 N–H and O–H groups in total. The maximum atomic E-state index is 13.5. The van der Waals surface area contributed by atoms with Crippen LogP contribution in [0.3, 0.4) is 0 Å². The number of hydrogen-bond acceptors (Lipinski definition) is 8. The number of tetrazole rings is 1. The fourth-order valence-electron chi connectivity index (χ4n) is 5.05. The lowest BCUT2D eigenvalue weighted by Crippen LogP contribution is -2.49. The van der Waals surface area contributed by atoms with Crippen LogP contribution in [0.4, 0.5) is 10.1 Å². The van der Waals surface area contributed by atoms with E-state index in [1.807, 2.05) is 32.9 Å². The normalized spacial score (nSPS) is 16.9. The van der Waals surface area contributed by atoms with Crippen molar-refractivity contribution in [2.75, 3.05) is 37.9 Å². The van der Waals surface area contributed by atoms with Crippen molar-refractivity contribution >= 4 is 16.6 Å². The Bertz CT molecular complexity index is 1500. The smallest absolute Gasteiger partial charge is 0.253 e. The van der Waals surface area contributed by atoms with E-state index in [0.29, 0.717) is 54.6 Å². The molecular weight excluding hydrogens is 477 g/mol. The van der Waals surface area contributed by atoms with Crippen LogP contribution < -0.4 is 19.9 Å². The van der Waals surface area contributed by atoms with Crippen molar-refractivity contribution in [1.82, 2.24) is 30.1 Å². The largest absolute Gasteiger partial charge is 0.454 e. The molecule has 2 aliphatic heterocycles. The number of piperazine rings is 1. The van der Waals surface area contributed by atoms with E-state index in [0.717, 1.165) is 11.1 Å². The number of fused-ring (bicyclic) bond motifs is 2. The number of anilines is 1. The van der Waals surface area contributed by atoms with Gasteiger partial charge in [-0.15, -0.1) is 5.10 Å². The molecule has 2 aromatic heterocycles. The van der Waals surface area contributed by atoms with E-state index in [4.69, 9.17) is 9.47 Å². The Hall–Kier alpha value is -3.99. The summed E-state index contributed by atoms with van der Waals surface area (Å²) in [7, 11) is 0. The Kier molecular flexibility index (Phi) is 5.59. The van der Waals surface area contributed by atoms with Gasteiger partial charge in [0.25, 0.3) is 5.56 Å². The highest BCUT2D eigenvalue weighted by molar-refractivity contribution is 5.83. The summed E-state index contributed by atoms with van der Waals surface area (Å²) in [5, 5.41) is 13.5. The van der Waals surface area contributed by atoms with Crippen molar-refractivity contribution in [2.24, 2.45) is 0 Å². The minimum Gasteiger partial charge on any atom is -0.454 e. The maximum Gasteiger partial charge on any atom is 0.253 e. The van der Waals surface area contributed by atoms with Gasteiger partial charge >= 0.3 is 0 Å². The van der Waals surface area contributed by atoms with Crippen molar-refractivity contribution < 1.29 is 13.9 Å². The van der Waals surface area contributed by atoms with Gasteiger partial charge in [-0.05, 0) is 67.6 Å². The quantitative estimate of drug-likeness (QED) is 0.452. The zero-order valence-electron chi connectivity index (χ0n) is 20.9. The second-order valence-corrected chi connectivity index (χ2v) is 10.4. The average Bonchev–Trinajstić information content (AvgIpc) is 3.54. The number of benzene rings is 2. The van der Waals surface area contributed by atoms with Gasteiger partial charge in [0, 0.05) is 48.9 Å². The van der Waals surface area contributed by atoms with E-state index in [1.165, 1.54) is 12.1 Å². The average molecular weight is 506 g/mol. The zero-order chi connectivity index (χ0) is 25.7. The van der Waals surface area contributed by atoms with Gasteiger partial charge in [0.15, 0.2) is 17.3 Å². The van der Waals surface area contributed by atoms with Crippen LogP contribution in [0.2, 0.25) is 0 Å². The van der Waals surface area contributed by atoms with E-state index in [1.54, 1.807) is 22.9 Å². The highest BCUT2D eigenvalue weighted by atomic mass is 19.1. The van der Waals surface area contributed by atoms with Gasteiger partial charge in [-0.2, -0.15) is 0 Å². The number of aromatic nitrogens is 5. The first kappa shape index (κ1) is 23.4. The monoisotopic (exact) mass is 505 g/mol. The molecule has 10 nitrogen and oxygen atoms in total. The van der Waals surface area contributed by atoms with Crippen molar-refractivity contribution in [1.29, 1.82) is 0 Å². The number of rotatable bonds is 4. The molecule has 0 spiro atoms. The van der Waals surface area contributed by atoms with E-state index in [2.05, 4.69) is 30.3 Å². The summed E-state index contributed by atoms with van der Waals surface area (Å²) in [6.07, 6.45) is 0. The lowest BCUT2D eigenvalue weighted by Gasteiger charge is -2.40. The molecule has 0 bridgehead atoms. The van der Waals surface area contributed by atoms with Gasteiger partial charge in [-0.25, -0.2) is 9.07 Å². The highest BCUT2D eigenvalue weighted by Gasteiger charge is 2.35. The number of H-pyrrole nitrogens is 1. The predicted molar refractivity (Wildman–Crippen MR) is 136 cm³/mol. The Morgan fingerprint density at radius 3 is 2.41 bits per heavy atom. The third-order valence-corrected chi connectivity index (χ3v) is 6.91. The molecule has 0 saturated carbocycles. The Morgan fingerprint density at radius 2 is 1.70 bits per heavy atom. The van der Waals surface area contributed by atoms with Crippen LogP contribution in [0, 0.1) is 5.82 Å². The molecule has 1 fully saturated rings. The molecule has 2 aliphatic rings. The van der Waals surface area contributed by atoms with Gasteiger partial charge in [-0.3, -0.25) is 9.69 Å². The highest BCUT2D eigenvalue weighted by Crippen LogP contribution is 2.37. The van der Waals surface area contributed by atoms with Crippen LogP contribution in [0.5, 0.6) is 11.5 Å². The van der Waals surface area contributed by atoms with Gasteiger partial charge in [0.1, 0.15) is 11.9 Å². The summed E-state index contributed by atoms with van der Waals surface area (Å²) in [5.74, 6) is 1.61. The molecule has 0 amide bonds. The first-order chi connectivity index (χ1) is 17.8. The van der Waals surface area contributed by atoms with Crippen LogP contribution in [0.15, 0.2) is 47.3 Å². The molecule has 4 aromatic rings. The summed E-state index contributed by atoms with van der Waals surface area (Å²) in [5.41, 5.74) is 1.61. The first-order valence-corrected chi connectivity index (χ1v) is 12.3. The molecule has 4 heterocycles. The summed E-state index contributed by atoms with van der Waals surface area (Å²) in [6, 6.07) is 11.6. The van der Waals surface area contributed by atoms with E-state index >= 15 is 0 Å². The Labute approximate surface area is 212 Å². The summed E-state index contributed by atoms with van der Waals surface area (Å²) >= 11 is 0. The van der Waals surface area contributed by atoms with E-state index in [-0.39, 0.29) is 23.7 Å². The second kappa shape index (κ2) is 8.84. The maximum absolute atomic E-state index is 13.5. The molecule has 1 saturated heterocycles. The Morgan fingerprint density at radius 1 is 1.00 bits per heavy atom. The minimum atomic E-state index is -0.469. The van der Waals surface area contributed by atoms with E-state index in [9.17, 15) is 9.18 Å². The summed E-state index contributed by atoms with van der Waals surface area (Å²) < 4.78 is 26.2. The number of pyridine rings is 1. The summed E-state index contributed by atoms with van der Waals surface area (Å²) in [6.45, 7) is 9.00. The molecule has 0 aliphatic carbocycles. The lowest BCUT2D eigenvalue weighted by atomic mass is 10.0. The standard InChI is InChI=1S/C26H28FN7O3/c1-26(2,3)34-24(29-30-31-34)23(33-10-8-32(9-11-33)18-6-4-17(27)5-7-18)19-12-16-13-21-22(37-15-36-21)14-20(16)28-25(19)35/h4-7,12-14,23H,8-11,15H2,1-3H3,(H,28,35). The molecule has 6 rings (SSSR count). The van der Waals surface area contributed by atoms with Crippen LogP contribution in [-0.2, 0) is 5.54 Å². The minimum absolute atomic E-state index is 0.157. The first-order valence-electron chi connectivity index (χ1n) is 12.3. The number of halogens is 1. The van der Waals surface area contributed by atoms with Crippen molar-refractivity contribution in [3.8, 4) is 11.5 Å². The van der Waals surface area contributed by atoms with Crippen molar-refractivity contribution in [2.45, 2.75) is 32.4 Å². The molecule has 37 heavy (non-hydrogen) atoms. The van der Waals surface area contributed by atoms with Crippen LogP contribution in [0.25, 0.3) is 10.9 Å². The van der Waals surface area contributed by atoms with E-state index < -0.39 is 6.04 Å².